The molecule has 0 spiro atoms. The van der Waals surface area contributed by atoms with E-state index in [4.69, 9.17) is 9.84 Å². The Hall–Kier alpha value is -3.97. The first-order valence-electron chi connectivity index (χ1n) is 11.3. The molecule has 2 aromatic carbocycles. The Balaban J connectivity index is 1.50. The van der Waals surface area contributed by atoms with Crippen molar-refractivity contribution in [3.63, 3.8) is 0 Å². The standard InChI is InChI=1S/C27H27N5O2/c1-31(2)15-16-34-23-7-5-22(6-8-23)32-18-25(27(29-32)19-11-13-28-14-12-19)21-3-9-24-20(17-21)4-10-26(24)30-33/h3,5-9,11-14,17-18,33H,4,10,15-16H2,1-2H3/b30-26+. The van der Waals surface area contributed by atoms with Crippen molar-refractivity contribution in [2.45, 2.75) is 12.8 Å². The van der Waals surface area contributed by atoms with Crippen molar-refractivity contribution in [1.82, 2.24) is 19.7 Å². The summed E-state index contributed by atoms with van der Waals surface area (Å²) in [5.41, 5.74) is 7.94. The maximum Gasteiger partial charge on any atom is 0.119 e. The third-order valence-corrected chi connectivity index (χ3v) is 6.06. The van der Waals surface area contributed by atoms with Gasteiger partial charge in [-0.1, -0.05) is 23.4 Å². The number of pyridine rings is 1. The summed E-state index contributed by atoms with van der Waals surface area (Å²) in [6, 6.07) is 18.2. The van der Waals surface area contributed by atoms with Crippen molar-refractivity contribution in [1.29, 1.82) is 0 Å². The van der Waals surface area contributed by atoms with Gasteiger partial charge in [0.2, 0.25) is 0 Å². The minimum Gasteiger partial charge on any atom is -0.492 e. The summed E-state index contributed by atoms with van der Waals surface area (Å²) in [6.45, 7) is 1.51. The number of rotatable bonds is 7. The van der Waals surface area contributed by atoms with Crippen LogP contribution < -0.4 is 4.74 Å². The highest BCUT2D eigenvalue weighted by Gasteiger charge is 2.21. The van der Waals surface area contributed by atoms with Crippen molar-refractivity contribution >= 4 is 5.71 Å². The molecule has 5 rings (SSSR count). The first-order chi connectivity index (χ1) is 16.6. The summed E-state index contributed by atoms with van der Waals surface area (Å²) in [5.74, 6) is 0.840. The average Bonchev–Trinajstić information content (AvgIpc) is 3.49. The smallest absolute Gasteiger partial charge is 0.119 e. The average molecular weight is 454 g/mol. The van der Waals surface area contributed by atoms with E-state index >= 15 is 0 Å². The molecule has 7 nitrogen and oxygen atoms in total. The summed E-state index contributed by atoms with van der Waals surface area (Å²) in [4.78, 5) is 6.25. The fourth-order valence-corrected chi connectivity index (χ4v) is 4.22. The van der Waals surface area contributed by atoms with Crippen molar-refractivity contribution in [3.8, 4) is 33.8 Å². The van der Waals surface area contributed by atoms with Crippen LogP contribution in [0.3, 0.4) is 0 Å². The van der Waals surface area contributed by atoms with Gasteiger partial charge in [0.15, 0.2) is 0 Å². The van der Waals surface area contributed by atoms with Gasteiger partial charge in [0.1, 0.15) is 18.1 Å². The molecule has 0 saturated carbocycles. The van der Waals surface area contributed by atoms with E-state index in [9.17, 15) is 5.21 Å². The summed E-state index contributed by atoms with van der Waals surface area (Å²) >= 11 is 0. The molecule has 0 amide bonds. The van der Waals surface area contributed by atoms with Crippen LogP contribution in [0.5, 0.6) is 5.75 Å². The highest BCUT2D eigenvalue weighted by atomic mass is 16.5. The number of likely N-dealkylation sites (N-methyl/N-ethyl adjacent to an activating group) is 1. The molecule has 4 aromatic rings. The van der Waals surface area contributed by atoms with Crippen LogP contribution in [0.1, 0.15) is 17.5 Å². The number of oxime groups is 1. The second kappa shape index (κ2) is 9.49. The molecule has 172 valence electrons. The lowest BCUT2D eigenvalue weighted by Crippen LogP contribution is -2.19. The van der Waals surface area contributed by atoms with Crippen LogP contribution in [-0.4, -0.2) is 57.8 Å². The van der Waals surface area contributed by atoms with E-state index in [2.05, 4.69) is 33.4 Å². The van der Waals surface area contributed by atoms with Crippen LogP contribution >= 0.6 is 0 Å². The molecule has 0 bridgehead atoms. The van der Waals surface area contributed by atoms with Gasteiger partial charge < -0.3 is 14.8 Å². The second-order valence-electron chi connectivity index (χ2n) is 8.64. The second-order valence-corrected chi connectivity index (χ2v) is 8.64. The molecular weight excluding hydrogens is 426 g/mol. The first-order valence-corrected chi connectivity index (χ1v) is 11.3. The Labute approximate surface area is 198 Å². The van der Waals surface area contributed by atoms with Crippen LogP contribution in [0.15, 0.2) is 78.3 Å². The monoisotopic (exact) mass is 453 g/mol. The quantitative estimate of drug-likeness (QED) is 0.325. The Morgan fingerprint density at radius 1 is 0.971 bits per heavy atom. The Kier molecular flexibility index (Phi) is 6.10. The number of aromatic nitrogens is 3. The topological polar surface area (TPSA) is 75.8 Å². The number of nitrogens with zero attached hydrogens (tertiary/aromatic N) is 5. The van der Waals surface area contributed by atoms with Gasteiger partial charge in [0, 0.05) is 41.8 Å². The van der Waals surface area contributed by atoms with E-state index in [0.29, 0.717) is 6.61 Å². The molecule has 0 unspecified atom stereocenters. The van der Waals surface area contributed by atoms with Gasteiger partial charge in [-0.05, 0) is 74.5 Å². The van der Waals surface area contributed by atoms with Gasteiger partial charge >= 0.3 is 0 Å². The van der Waals surface area contributed by atoms with E-state index in [1.807, 2.05) is 61.2 Å². The maximum absolute atomic E-state index is 9.27. The molecule has 7 heteroatoms. The lowest BCUT2D eigenvalue weighted by molar-refractivity contribution is 0.261. The molecule has 0 radical (unpaired) electrons. The van der Waals surface area contributed by atoms with Gasteiger partial charge in [-0.15, -0.1) is 0 Å². The van der Waals surface area contributed by atoms with Gasteiger partial charge in [-0.25, -0.2) is 4.68 Å². The predicted molar refractivity (Wildman–Crippen MR) is 133 cm³/mol. The third kappa shape index (κ3) is 4.43. The number of hydrogen-bond donors (Lipinski definition) is 1. The van der Waals surface area contributed by atoms with Crippen LogP contribution in [0.2, 0.25) is 0 Å². The van der Waals surface area contributed by atoms with Gasteiger partial charge in [0.25, 0.3) is 0 Å². The van der Waals surface area contributed by atoms with Crippen LogP contribution in [0.25, 0.3) is 28.1 Å². The first kappa shape index (κ1) is 21.9. The third-order valence-electron chi connectivity index (χ3n) is 6.06. The highest BCUT2D eigenvalue weighted by molar-refractivity contribution is 6.04. The zero-order valence-electron chi connectivity index (χ0n) is 19.3. The Bertz CT molecular complexity index is 1310. The molecule has 2 aromatic heterocycles. The minimum absolute atomic E-state index is 0.644. The molecule has 0 aliphatic heterocycles. The molecule has 1 aliphatic carbocycles. The molecule has 34 heavy (non-hydrogen) atoms. The number of fused-ring (bicyclic) bond motifs is 1. The number of aryl methyl sites for hydroxylation is 1. The summed E-state index contributed by atoms with van der Waals surface area (Å²) in [7, 11) is 4.06. The van der Waals surface area contributed by atoms with E-state index in [0.717, 1.165) is 64.5 Å². The molecule has 0 saturated heterocycles. The summed E-state index contributed by atoms with van der Waals surface area (Å²) in [6.07, 6.45) is 7.26. The summed E-state index contributed by atoms with van der Waals surface area (Å²) in [5, 5.41) is 17.7. The van der Waals surface area contributed by atoms with Crippen molar-refractivity contribution in [2.24, 2.45) is 5.16 Å². The number of ether oxygens (including phenoxy) is 1. The van der Waals surface area contributed by atoms with E-state index < -0.39 is 0 Å². The Morgan fingerprint density at radius 2 is 1.76 bits per heavy atom. The molecular formula is C27H27N5O2. The van der Waals surface area contributed by atoms with Gasteiger partial charge in [-0.2, -0.15) is 5.10 Å². The fourth-order valence-electron chi connectivity index (χ4n) is 4.22. The zero-order valence-corrected chi connectivity index (χ0v) is 19.3. The molecule has 2 heterocycles. The normalized spacial score (nSPS) is 14.0. The fraction of sp³-hybridized carbons (Fsp3) is 0.222. The SMILES string of the molecule is CN(C)CCOc1ccc(-n2cc(-c3ccc4c(c3)CC/C4=N\O)c(-c3ccncc3)n2)cc1. The van der Waals surface area contributed by atoms with Crippen LogP contribution in [-0.2, 0) is 6.42 Å². The lowest BCUT2D eigenvalue weighted by atomic mass is 9.98. The van der Waals surface area contributed by atoms with Crippen molar-refractivity contribution in [2.75, 3.05) is 27.2 Å². The number of hydrogen-bond acceptors (Lipinski definition) is 6. The van der Waals surface area contributed by atoms with Crippen molar-refractivity contribution < 1.29 is 9.94 Å². The van der Waals surface area contributed by atoms with E-state index in [1.165, 1.54) is 5.56 Å². The molecule has 0 fully saturated rings. The van der Waals surface area contributed by atoms with Gasteiger partial charge in [-0.3, -0.25) is 4.98 Å². The van der Waals surface area contributed by atoms with E-state index in [-0.39, 0.29) is 0 Å². The minimum atomic E-state index is 0.644. The maximum atomic E-state index is 9.27. The molecule has 1 aliphatic rings. The number of benzene rings is 2. The lowest BCUT2D eigenvalue weighted by Gasteiger charge is -2.11. The van der Waals surface area contributed by atoms with Crippen LogP contribution in [0.4, 0.5) is 0 Å². The zero-order chi connectivity index (χ0) is 23.5. The van der Waals surface area contributed by atoms with E-state index in [1.54, 1.807) is 12.4 Å². The predicted octanol–water partition coefficient (Wildman–Crippen LogP) is 4.67. The Morgan fingerprint density at radius 3 is 2.50 bits per heavy atom. The highest BCUT2D eigenvalue weighted by Crippen LogP contribution is 2.35. The molecule has 1 N–H and O–H groups in total. The van der Waals surface area contributed by atoms with Crippen LogP contribution in [0, 0.1) is 0 Å². The van der Waals surface area contributed by atoms with Crippen molar-refractivity contribution in [3.05, 3.63) is 84.3 Å². The largest absolute Gasteiger partial charge is 0.492 e. The van der Waals surface area contributed by atoms with Gasteiger partial charge in [0.05, 0.1) is 11.4 Å². The summed E-state index contributed by atoms with van der Waals surface area (Å²) < 4.78 is 7.74. The molecule has 0 atom stereocenters.